The second-order valence-electron chi connectivity index (χ2n) is 7.34. The number of amides is 2. The number of aryl methyl sites for hydroxylation is 2. The zero-order valence-corrected chi connectivity index (χ0v) is 18.6. The Bertz CT molecular complexity index is 905. The van der Waals surface area contributed by atoms with Gasteiger partial charge in [-0.15, -0.1) is 0 Å². The molecule has 1 N–H and O–H groups in total. The van der Waals surface area contributed by atoms with Gasteiger partial charge in [-0.25, -0.2) is 0 Å². The maximum atomic E-state index is 12.5. The van der Waals surface area contributed by atoms with Gasteiger partial charge in [0.2, 0.25) is 5.91 Å². The Morgan fingerprint density at radius 1 is 1.03 bits per heavy atom. The molecule has 0 radical (unpaired) electrons. The van der Waals surface area contributed by atoms with Gasteiger partial charge in [0.25, 0.3) is 5.91 Å². The van der Waals surface area contributed by atoms with Gasteiger partial charge in [-0.1, -0.05) is 35.3 Å². The summed E-state index contributed by atoms with van der Waals surface area (Å²) in [6, 6.07) is 10.8. The van der Waals surface area contributed by atoms with Gasteiger partial charge in [0.1, 0.15) is 5.75 Å². The van der Waals surface area contributed by atoms with Crippen molar-refractivity contribution >= 4 is 40.7 Å². The standard InChI is InChI=1S/C22H25Cl2N3O3/c1-15-11-17(23)12-16(2)22(15)30-14-21(29)27-9-7-26(8-10-27)13-20(28)25-19-6-4-3-5-18(19)24/h3-6,11-12H,7-10,13-14H2,1-2H3,(H,25,28). The van der Waals surface area contributed by atoms with Gasteiger partial charge in [0, 0.05) is 31.2 Å². The normalized spacial score (nSPS) is 14.5. The Labute approximate surface area is 186 Å². The summed E-state index contributed by atoms with van der Waals surface area (Å²) in [7, 11) is 0. The van der Waals surface area contributed by atoms with Gasteiger partial charge in [-0.05, 0) is 49.2 Å². The van der Waals surface area contributed by atoms with E-state index in [1.807, 2.05) is 43.0 Å². The van der Waals surface area contributed by atoms with Crippen LogP contribution in [-0.4, -0.2) is 60.9 Å². The molecule has 160 valence electrons. The number of hydrogen-bond donors (Lipinski definition) is 1. The zero-order chi connectivity index (χ0) is 21.7. The fourth-order valence-corrected chi connectivity index (χ4v) is 3.97. The molecule has 0 bridgehead atoms. The number of para-hydroxylation sites is 1. The second-order valence-corrected chi connectivity index (χ2v) is 8.19. The Balaban J connectivity index is 1.44. The quantitative estimate of drug-likeness (QED) is 0.728. The van der Waals surface area contributed by atoms with E-state index in [4.69, 9.17) is 27.9 Å². The Morgan fingerprint density at radius 2 is 1.67 bits per heavy atom. The minimum Gasteiger partial charge on any atom is -0.483 e. The molecule has 0 aliphatic carbocycles. The number of halogens is 2. The van der Waals surface area contributed by atoms with E-state index in [0.29, 0.717) is 47.7 Å². The van der Waals surface area contributed by atoms with Crippen molar-refractivity contribution in [3.8, 4) is 5.75 Å². The van der Waals surface area contributed by atoms with Crippen LogP contribution < -0.4 is 10.1 Å². The zero-order valence-electron chi connectivity index (χ0n) is 17.1. The SMILES string of the molecule is Cc1cc(Cl)cc(C)c1OCC(=O)N1CCN(CC(=O)Nc2ccccc2Cl)CC1. The molecule has 1 aliphatic heterocycles. The van der Waals surface area contributed by atoms with Crippen LogP contribution in [0.2, 0.25) is 10.0 Å². The molecule has 0 aromatic heterocycles. The molecule has 3 rings (SSSR count). The van der Waals surface area contributed by atoms with E-state index in [0.717, 1.165) is 11.1 Å². The molecule has 0 saturated carbocycles. The molecular formula is C22H25Cl2N3O3. The number of anilines is 1. The molecule has 1 heterocycles. The lowest BCUT2D eigenvalue weighted by molar-refractivity contribution is -0.135. The fourth-order valence-electron chi connectivity index (χ4n) is 3.46. The molecule has 1 fully saturated rings. The van der Waals surface area contributed by atoms with E-state index in [1.165, 1.54) is 0 Å². The molecule has 8 heteroatoms. The smallest absolute Gasteiger partial charge is 0.260 e. The first-order valence-corrected chi connectivity index (χ1v) is 10.5. The predicted molar refractivity (Wildman–Crippen MR) is 120 cm³/mol. The Kier molecular flexibility index (Phi) is 7.58. The minimum atomic E-state index is -0.125. The summed E-state index contributed by atoms with van der Waals surface area (Å²) >= 11 is 12.1. The summed E-state index contributed by atoms with van der Waals surface area (Å²) in [6.45, 7) is 6.42. The molecule has 0 spiro atoms. The van der Waals surface area contributed by atoms with Crippen LogP contribution in [0.3, 0.4) is 0 Å². The third-order valence-corrected chi connectivity index (χ3v) is 5.55. The van der Waals surface area contributed by atoms with Gasteiger partial charge in [0.05, 0.1) is 17.3 Å². The lowest BCUT2D eigenvalue weighted by Gasteiger charge is -2.34. The number of nitrogens with zero attached hydrogens (tertiary/aromatic N) is 2. The molecule has 0 atom stereocenters. The summed E-state index contributed by atoms with van der Waals surface area (Å²) in [5.41, 5.74) is 2.41. The average molecular weight is 450 g/mol. The van der Waals surface area contributed by atoms with Crippen LogP contribution in [0.4, 0.5) is 5.69 Å². The van der Waals surface area contributed by atoms with Crippen LogP contribution >= 0.6 is 23.2 Å². The highest BCUT2D eigenvalue weighted by Gasteiger charge is 2.23. The van der Waals surface area contributed by atoms with Crippen LogP contribution in [0.1, 0.15) is 11.1 Å². The summed E-state index contributed by atoms with van der Waals surface area (Å²) in [5, 5.41) is 3.98. The number of carbonyl (C=O) groups excluding carboxylic acids is 2. The monoisotopic (exact) mass is 449 g/mol. The van der Waals surface area contributed by atoms with Crippen molar-refractivity contribution in [3.63, 3.8) is 0 Å². The van der Waals surface area contributed by atoms with E-state index >= 15 is 0 Å². The first kappa shape index (κ1) is 22.4. The topological polar surface area (TPSA) is 61.9 Å². The van der Waals surface area contributed by atoms with E-state index < -0.39 is 0 Å². The molecule has 6 nitrogen and oxygen atoms in total. The maximum Gasteiger partial charge on any atom is 0.260 e. The van der Waals surface area contributed by atoms with Crippen LogP contribution in [0, 0.1) is 13.8 Å². The molecular weight excluding hydrogens is 425 g/mol. The molecule has 2 aromatic carbocycles. The minimum absolute atomic E-state index is 0.0176. The van der Waals surface area contributed by atoms with Crippen molar-refractivity contribution in [2.45, 2.75) is 13.8 Å². The maximum absolute atomic E-state index is 12.5. The summed E-state index contributed by atoms with van der Waals surface area (Å²) < 4.78 is 5.77. The molecule has 1 aliphatic rings. The van der Waals surface area contributed by atoms with Crippen molar-refractivity contribution in [2.24, 2.45) is 0 Å². The Morgan fingerprint density at radius 3 is 2.30 bits per heavy atom. The number of hydrogen-bond acceptors (Lipinski definition) is 4. The lowest BCUT2D eigenvalue weighted by Crippen LogP contribution is -2.51. The van der Waals surface area contributed by atoms with Crippen LogP contribution in [0.5, 0.6) is 5.75 Å². The van der Waals surface area contributed by atoms with Crippen molar-refractivity contribution in [1.29, 1.82) is 0 Å². The summed E-state index contributed by atoms with van der Waals surface area (Å²) in [6.07, 6.45) is 0. The summed E-state index contributed by atoms with van der Waals surface area (Å²) in [5.74, 6) is 0.506. The van der Waals surface area contributed by atoms with E-state index in [-0.39, 0.29) is 25.0 Å². The number of benzene rings is 2. The first-order valence-electron chi connectivity index (χ1n) is 9.77. The van der Waals surface area contributed by atoms with E-state index in [1.54, 1.807) is 17.0 Å². The number of piperazine rings is 1. The number of nitrogens with one attached hydrogen (secondary N) is 1. The fraction of sp³-hybridized carbons (Fsp3) is 0.364. The highest BCUT2D eigenvalue weighted by atomic mass is 35.5. The third kappa shape index (κ3) is 5.88. The van der Waals surface area contributed by atoms with Crippen LogP contribution in [0.25, 0.3) is 0 Å². The highest BCUT2D eigenvalue weighted by molar-refractivity contribution is 6.33. The van der Waals surface area contributed by atoms with E-state index in [2.05, 4.69) is 5.32 Å². The van der Waals surface area contributed by atoms with Crippen LogP contribution in [-0.2, 0) is 9.59 Å². The lowest BCUT2D eigenvalue weighted by atomic mass is 10.1. The second kappa shape index (κ2) is 10.2. The molecule has 30 heavy (non-hydrogen) atoms. The predicted octanol–water partition coefficient (Wildman–Crippen LogP) is 3.77. The Hall–Kier alpha value is -2.28. The van der Waals surface area contributed by atoms with Crippen molar-refractivity contribution in [3.05, 3.63) is 57.6 Å². The van der Waals surface area contributed by atoms with Gasteiger partial charge in [-0.2, -0.15) is 0 Å². The number of ether oxygens (including phenoxy) is 1. The van der Waals surface area contributed by atoms with Gasteiger partial charge in [0.15, 0.2) is 6.61 Å². The number of rotatable bonds is 6. The van der Waals surface area contributed by atoms with Crippen molar-refractivity contribution in [2.75, 3.05) is 44.6 Å². The van der Waals surface area contributed by atoms with Gasteiger partial charge < -0.3 is 15.0 Å². The first-order chi connectivity index (χ1) is 14.3. The summed E-state index contributed by atoms with van der Waals surface area (Å²) in [4.78, 5) is 28.6. The third-order valence-electron chi connectivity index (χ3n) is 5.01. The van der Waals surface area contributed by atoms with Gasteiger partial charge >= 0.3 is 0 Å². The van der Waals surface area contributed by atoms with Crippen molar-refractivity contribution in [1.82, 2.24) is 9.80 Å². The van der Waals surface area contributed by atoms with Crippen molar-refractivity contribution < 1.29 is 14.3 Å². The largest absolute Gasteiger partial charge is 0.483 e. The van der Waals surface area contributed by atoms with Crippen LogP contribution in [0.15, 0.2) is 36.4 Å². The highest BCUT2D eigenvalue weighted by Crippen LogP contribution is 2.27. The molecule has 1 saturated heterocycles. The molecule has 2 aromatic rings. The number of carbonyl (C=O) groups is 2. The molecule has 0 unspecified atom stereocenters. The average Bonchev–Trinajstić information content (AvgIpc) is 2.69. The molecule has 2 amide bonds. The van der Waals surface area contributed by atoms with E-state index in [9.17, 15) is 9.59 Å². The van der Waals surface area contributed by atoms with Gasteiger partial charge in [-0.3, -0.25) is 14.5 Å².